The van der Waals surface area contributed by atoms with Crippen molar-refractivity contribution in [2.75, 3.05) is 10.6 Å². The average Bonchev–Trinajstić information content (AvgIpc) is 2.84. The Balaban J connectivity index is 2.02. The molecule has 2 amide bonds. The first-order chi connectivity index (χ1) is 9.60. The van der Waals surface area contributed by atoms with E-state index in [1.165, 1.54) is 11.3 Å². The van der Waals surface area contributed by atoms with E-state index in [9.17, 15) is 9.59 Å². The molecule has 0 aliphatic carbocycles. The molecule has 104 valence electrons. The van der Waals surface area contributed by atoms with Crippen molar-refractivity contribution >= 4 is 34.0 Å². The van der Waals surface area contributed by atoms with Gasteiger partial charge in [-0.3, -0.25) is 14.9 Å². The Hall–Kier alpha value is -2.21. The van der Waals surface area contributed by atoms with E-state index in [1.54, 1.807) is 11.4 Å². The van der Waals surface area contributed by atoms with Crippen LogP contribution in [0.2, 0.25) is 0 Å². The predicted molar refractivity (Wildman–Crippen MR) is 79.9 cm³/mol. The molecular weight excluding hydrogens is 274 g/mol. The molecule has 0 aliphatic rings. The summed E-state index contributed by atoms with van der Waals surface area (Å²) in [5.41, 5.74) is 2.45. The van der Waals surface area contributed by atoms with Crippen molar-refractivity contribution in [1.29, 1.82) is 0 Å². The van der Waals surface area contributed by atoms with Crippen LogP contribution in [0.25, 0.3) is 0 Å². The Bertz CT molecular complexity index is 637. The van der Waals surface area contributed by atoms with Crippen molar-refractivity contribution in [3.63, 3.8) is 0 Å². The lowest BCUT2D eigenvalue weighted by molar-refractivity contribution is -0.133. The van der Waals surface area contributed by atoms with Gasteiger partial charge in [0.2, 0.25) is 0 Å². The van der Waals surface area contributed by atoms with Gasteiger partial charge in [0.25, 0.3) is 0 Å². The molecule has 1 aromatic carbocycles. The fourth-order valence-corrected chi connectivity index (χ4v) is 2.38. The van der Waals surface area contributed by atoms with Gasteiger partial charge in [-0.25, -0.2) is 4.98 Å². The largest absolute Gasteiger partial charge is 0.318 e. The van der Waals surface area contributed by atoms with Crippen molar-refractivity contribution in [2.24, 2.45) is 0 Å². The number of anilines is 2. The van der Waals surface area contributed by atoms with E-state index in [4.69, 9.17) is 0 Å². The van der Waals surface area contributed by atoms with E-state index in [2.05, 4.69) is 15.6 Å². The molecule has 2 N–H and O–H groups in total. The van der Waals surface area contributed by atoms with Crippen molar-refractivity contribution in [3.8, 4) is 0 Å². The van der Waals surface area contributed by atoms with Gasteiger partial charge in [0.1, 0.15) is 0 Å². The van der Waals surface area contributed by atoms with Gasteiger partial charge in [-0.2, -0.15) is 0 Å². The summed E-state index contributed by atoms with van der Waals surface area (Å²) in [6.45, 7) is 3.81. The van der Waals surface area contributed by atoms with E-state index in [1.807, 2.05) is 32.0 Å². The maximum atomic E-state index is 11.8. The zero-order valence-electron chi connectivity index (χ0n) is 11.3. The fraction of sp³-hybridized carbons (Fsp3) is 0.214. The Morgan fingerprint density at radius 1 is 1.20 bits per heavy atom. The number of carbonyl (C=O) groups is 2. The second kappa shape index (κ2) is 6.29. The lowest BCUT2D eigenvalue weighted by Gasteiger charge is -2.08. The molecule has 0 aliphatic heterocycles. The van der Waals surface area contributed by atoms with Crippen LogP contribution in [-0.2, 0) is 16.0 Å². The van der Waals surface area contributed by atoms with Gasteiger partial charge in [0.05, 0.1) is 5.69 Å². The third-order valence-corrected chi connectivity index (χ3v) is 3.57. The second-order valence-electron chi connectivity index (χ2n) is 4.21. The zero-order chi connectivity index (χ0) is 14.5. The normalized spacial score (nSPS) is 10.1. The third kappa shape index (κ3) is 3.42. The van der Waals surface area contributed by atoms with Gasteiger partial charge in [0, 0.05) is 11.1 Å². The molecule has 0 bridgehead atoms. The summed E-state index contributed by atoms with van der Waals surface area (Å²) < 4.78 is 0. The third-order valence-electron chi connectivity index (χ3n) is 2.69. The van der Waals surface area contributed by atoms with Gasteiger partial charge in [-0.05, 0) is 25.0 Å². The lowest BCUT2D eigenvalue weighted by Crippen LogP contribution is -2.29. The number of aryl methyl sites for hydroxylation is 2. The van der Waals surface area contributed by atoms with Crippen molar-refractivity contribution in [3.05, 3.63) is 40.9 Å². The highest BCUT2D eigenvalue weighted by Gasteiger charge is 2.16. The van der Waals surface area contributed by atoms with Crippen molar-refractivity contribution in [2.45, 2.75) is 20.3 Å². The molecule has 1 aromatic heterocycles. The summed E-state index contributed by atoms with van der Waals surface area (Å²) in [6.07, 6.45) is 0.781. The second-order valence-corrected chi connectivity index (χ2v) is 5.07. The summed E-state index contributed by atoms with van der Waals surface area (Å²) >= 11 is 1.29. The van der Waals surface area contributed by atoms with Crippen LogP contribution in [0.3, 0.4) is 0 Å². The number of hydrogen-bond donors (Lipinski definition) is 2. The Morgan fingerprint density at radius 3 is 2.55 bits per heavy atom. The summed E-state index contributed by atoms with van der Waals surface area (Å²) in [7, 11) is 0. The number of benzene rings is 1. The zero-order valence-corrected chi connectivity index (χ0v) is 12.1. The van der Waals surface area contributed by atoms with Crippen LogP contribution in [0.4, 0.5) is 10.8 Å². The number of aromatic nitrogens is 1. The van der Waals surface area contributed by atoms with Crippen LogP contribution in [0.5, 0.6) is 0 Å². The predicted octanol–water partition coefficient (Wildman–Crippen LogP) is 2.59. The van der Waals surface area contributed by atoms with E-state index < -0.39 is 11.8 Å². The molecule has 0 fully saturated rings. The first-order valence-corrected chi connectivity index (χ1v) is 7.10. The Labute approximate surface area is 121 Å². The SMILES string of the molecule is CCc1ccccc1NC(=O)C(=O)Nc1nc(C)cs1. The van der Waals surface area contributed by atoms with Gasteiger partial charge in [-0.15, -0.1) is 11.3 Å². The molecule has 5 nitrogen and oxygen atoms in total. The molecule has 0 unspecified atom stereocenters. The first kappa shape index (κ1) is 14.2. The first-order valence-electron chi connectivity index (χ1n) is 6.22. The Morgan fingerprint density at radius 2 is 1.90 bits per heavy atom. The minimum absolute atomic E-state index is 0.423. The number of nitrogens with one attached hydrogen (secondary N) is 2. The number of nitrogens with zero attached hydrogens (tertiary/aromatic N) is 1. The van der Waals surface area contributed by atoms with Gasteiger partial charge < -0.3 is 5.32 Å². The molecule has 0 saturated carbocycles. The van der Waals surface area contributed by atoms with Crippen LogP contribution < -0.4 is 10.6 Å². The number of thiazole rings is 1. The standard InChI is InChI=1S/C14H15N3O2S/c1-3-10-6-4-5-7-11(10)16-12(18)13(19)17-14-15-9(2)8-20-14/h4-8H,3H2,1-2H3,(H,16,18)(H,15,17,19). The minimum Gasteiger partial charge on any atom is -0.318 e. The molecule has 0 saturated heterocycles. The lowest BCUT2D eigenvalue weighted by atomic mass is 10.1. The maximum Gasteiger partial charge on any atom is 0.315 e. The molecule has 0 atom stereocenters. The minimum atomic E-state index is -0.717. The van der Waals surface area contributed by atoms with E-state index in [0.717, 1.165) is 17.7 Å². The van der Waals surface area contributed by atoms with Crippen LogP contribution in [0, 0.1) is 6.92 Å². The monoisotopic (exact) mass is 289 g/mol. The van der Waals surface area contributed by atoms with Crippen LogP contribution in [0.1, 0.15) is 18.2 Å². The highest BCUT2D eigenvalue weighted by Crippen LogP contribution is 2.16. The van der Waals surface area contributed by atoms with Gasteiger partial charge in [-0.1, -0.05) is 25.1 Å². The number of para-hydroxylation sites is 1. The highest BCUT2D eigenvalue weighted by molar-refractivity contribution is 7.14. The average molecular weight is 289 g/mol. The van der Waals surface area contributed by atoms with Crippen molar-refractivity contribution < 1.29 is 9.59 Å². The molecule has 2 aromatic rings. The molecule has 20 heavy (non-hydrogen) atoms. The molecule has 2 rings (SSSR count). The van der Waals surface area contributed by atoms with Gasteiger partial charge in [0.15, 0.2) is 5.13 Å². The fourth-order valence-electron chi connectivity index (χ4n) is 1.69. The summed E-state index contributed by atoms with van der Waals surface area (Å²) in [4.78, 5) is 27.7. The smallest absolute Gasteiger partial charge is 0.315 e. The summed E-state index contributed by atoms with van der Waals surface area (Å²) in [5, 5.41) is 7.32. The number of amides is 2. The number of carbonyl (C=O) groups excluding carboxylic acids is 2. The summed E-state index contributed by atoms with van der Waals surface area (Å²) in [5.74, 6) is -1.41. The van der Waals surface area contributed by atoms with E-state index in [-0.39, 0.29) is 0 Å². The topological polar surface area (TPSA) is 71.1 Å². The van der Waals surface area contributed by atoms with Crippen molar-refractivity contribution in [1.82, 2.24) is 4.98 Å². The van der Waals surface area contributed by atoms with E-state index in [0.29, 0.717) is 10.8 Å². The van der Waals surface area contributed by atoms with Crippen LogP contribution in [-0.4, -0.2) is 16.8 Å². The van der Waals surface area contributed by atoms with Gasteiger partial charge >= 0.3 is 11.8 Å². The van der Waals surface area contributed by atoms with Crippen LogP contribution >= 0.6 is 11.3 Å². The molecule has 1 heterocycles. The molecule has 6 heteroatoms. The maximum absolute atomic E-state index is 11.8. The highest BCUT2D eigenvalue weighted by atomic mass is 32.1. The quantitative estimate of drug-likeness (QED) is 0.853. The molecule has 0 spiro atoms. The molecular formula is C14H15N3O2S. The van der Waals surface area contributed by atoms with E-state index >= 15 is 0 Å². The number of rotatable bonds is 3. The molecule has 0 radical (unpaired) electrons. The van der Waals surface area contributed by atoms with Crippen LogP contribution in [0.15, 0.2) is 29.6 Å². The number of hydrogen-bond acceptors (Lipinski definition) is 4. The summed E-state index contributed by atoms with van der Waals surface area (Å²) in [6, 6.07) is 7.40. The Kier molecular flexibility index (Phi) is 4.47.